The van der Waals surface area contributed by atoms with Crippen LogP contribution in [0.1, 0.15) is 44.9 Å². The minimum atomic E-state index is -3.20. The Kier molecular flexibility index (Phi) is 4.14. The number of nitrogens with zero attached hydrogens (tertiary/aromatic N) is 1. The van der Waals surface area contributed by atoms with Crippen molar-refractivity contribution >= 4 is 21.6 Å². The van der Waals surface area contributed by atoms with Crippen molar-refractivity contribution in [1.82, 2.24) is 4.31 Å². The molecule has 1 atom stereocenters. The van der Waals surface area contributed by atoms with E-state index in [-0.39, 0.29) is 11.3 Å². The maximum atomic E-state index is 11.8. The SMILES string of the molecule is O=S(=O)(CCl)N1CCCC1C1CCCCC1. The van der Waals surface area contributed by atoms with E-state index in [1.807, 2.05) is 0 Å². The lowest BCUT2D eigenvalue weighted by Crippen LogP contribution is -2.41. The molecule has 2 fully saturated rings. The number of halogens is 1. The Morgan fingerprint density at radius 1 is 1.06 bits per heavy atom. The van der Waals surface area contributed by atoms with Crippen molar-refractivity contribution < 1.29 is 8.42 Å². The molecule has 0 aromatic heterocycles. The van der Waals surface area contributed by atoms with Crippen LogP contribution >= 0.6 is 11.6 Å². The van der Waals surface area contributed by atoms with Crippen molar-refractivity contribution in [1.29, 1.82) is 0 Å². The van der Waals surface area contributed by atoms with Crippen LogP contribution in [0.5, 0.6) is 0 Å². The predicted octanol–water partition coefficient (Wildman–Crippen LogP) is 2.56. The van der Waals surface area contributed by atoms with Crippen LogP contribution in [0.25, 0.3) is 0 Å². The Morgan fingerprint density at radius 3 is 2.38 bits per heavy atom. The molecule has 0 spiro atoms. The molecule has 2 rings (SSSR count). The molecule has 5 heteroatoms. The first-order chi connectivity index (χ1) is 7.65. The summed E-state index contributed by atoms with van der Waals surface area (Å²) < 4.78 is 25.4. The summed E-state index contributed by atoms with van der Waals surface area (Å²) in [6.07, 6.45) is 8.24. The molecule has 0 bridgehead atoms. The van der Waals surface area contributed by atoms with Crippen molar-refractivity contribution in [3.8, 4) is 0 Å². The zero-order valence-corrected chi connectivity index (χ0v) is 11.1. The highest BCUT2D eigenvalue weighted by molar-refractivity contribution is 7.90. The van der Waals surface area contributed by atoms with Crippen LogP contribution in [-0.4, -0.2) is 30.5 Å². The molecule has 1 heterocycles. The minimum Gasteiger partial charge on any atom is -0.211 e. The molecule has 0 radical (unpaired) electrons. The van der Waals surface area contributed by atoms with Crippen LogP contribution in [0.15, 0.2) is 0 Å². The summed E-state index contributed by atoms with van der Waals surface area (Å²) in [4.78, 5) is 0. The van der Waals surface area contributed by atoms with Gasteiger partial charge in [-0.05, 0) is 31.6 Å². The van der Waals surface area contributed by atoms with Gasteiger partial charge in [0.15, 0.2) is 0 Å². The van der Waals surface area contributed by atoms with Crippen LogP contribution in [0.2, 0.25) is 0 Å². The molecule has 0 N–H and O–H groups in total. The molecule has 16 heavy (non-hydrogen) atoms. The number of hydrogen-bond donors (Lipinski definition) is 0. The van der Waals surface area contributed by atoms with Gasteiger partial charge < -0.3 is 0 Å². The quantitative estimate of drug-likeness (QED) is 0.736. The van der Waals surface area contributed by atoms with E-state index in [1.165, 1.54) is 32.1 Å². The molecular formula is C11H20ClNO2S. The smallest absolute Gasteiger partial charge is 0.211 e. The lowest BCUT2D eigenvalue weighted by atomic mass is 9.83. The number of hydrogen-bond acceptors (Lipinski definition) is 2. The fraction of sp³-hybridized carbons (Fsp3) is 1.00. The summed E-state index contributed by atoms with van der Waals surface area (Å²) in [5.74, 6) is 0.578. The maximum absolute atomic E-state index is 11.8. The zero-order valence-electron chi connectivity index (χ0n) is 9.57. The largest absolute Gasteiger partial charge is 0.228 e. The molecule has 1 unspecified atom stereocenters. The Morgan fingerprint density at radius 2 is 1.75 bits per heavy atom. The van der Waals surface area contributed by atoms with Gasteiger partial charge in [-0.2, -0.15) is 4.31 Å². The molecule has 1 saturated heterocycles. The van der Waals surface area contributed by atoms with Gasteiger partial charge in [0.1, 0.15) is 5.21 Å². The van der Waals surface area contributed by atoms with E-state index in [9.17, 15) is 8.42 Å². The fourth-order valence-electron chi connectivity index (χ4n) is 3.16. The topological polar surface area (TPSA) is 37.4 Å². The fourth-order valence-corrected chi connectivity index (χ4v) is 4.76. The third kappa shape index (κ3) is 2.54. The van der Waals surface area contributed by atoms with Gasteiger partial charge in [0.25, 0.3) is 0 Å². The van der Waals surface area contributed by atoms with Crippen molar-refractivity contribution in [3.63, 3.8) is 0 Å². The van der Waals surface area contributed by atoms with E-state index in [4.69, 9.17) is 11.6 Å². The first kappa shape index (κ1) is 12.7. The summed E-state index contributed by atoms with van der Waals surface area (Å²) >= 11 is 5.55. The second kappa shape index (κ2) is 5.23. The standard InChI is InChI=1S/C11H20ClNO2S/c12-9-16(14,15)13-8-4-7-11(13)10-5-2-1-3-6-10/h10-11H,1-9H2. The van der Waals surface area contributed by atoms with Gasteiger partial charge in [-0.25, -0.2) is 8.42 Å². The maximum Gasteiger partial charge on any atom is 0.228 e. The van der Waals surface area contributed by atoms with Gasteiger partial charge in [-0.3, -0.25) is 0 Å². The van der Waals surface area contributed by atoms with E-state index in [0.29, 0.717) is 12.5 Å². The molecule has 0 aromatic rings. The molecule has 2 aliphatic rings. The summed E-state index contributed by atoms with van der Waals surface area (Å²) in [6.45, 7) is 0.677. The van der Waals surface area contributed by atoms with E-state index >= 15 is 0 Å². The summed E-state index contributed by atoms with van der Waals surface area (Å²) in [6, 6.07) is 0.240. The van der Waals surface area contributed by atoms with E-state index < -0.39 is 10.0 Å². The van der Waals surface area contributed by atoms with Gasteiger partial charge in [0, 0.05) is 12.6 Å². The van der Waals surface area contributed by atoms with E-state index in [1.54, 1.807) is 4.31 Å². The van der Waals surface area contributed by atoms with Gasteiger partial charge in [-0.1, -0.05) is 19.3 Å². The van der Waals surface area contributed by atoms with Crippen LogP contribution in [0.4, 0.5) is 0 Å². The second-order valence-corrected chi connectivity index (χ2v) is 7.45. The average Bonchev–Trinajstić information content (AvgIpc) is 2.80. The molecule has 1 saturated carbocycles. The monoisotopic (exact) mass is 265 g/mol. The Bertz CT molecular complexity index is 325. The van der Waals surface area contributed by atoms with Crippen molar-refractivity contribution in [2.75, 3.05) is 11.8 Å². The summed E-state index contributed by atoms with van der Waals surface area (Å²) in [5.41, 5.74) is 0. The zero-order chi connectivity index (χ0) is 11.6. The van der Waals surface area contributed by atoms with Gasteiger partial charge in [0.05, 0.1) is 0 Å². The van der Waals surface area contributed by atoms with Crippen LogP contribution in [0, 0.1) is 5.92 Å². The highest BCUT2D eigenvalue weighted by Gasteiger charge is 2.38. The Hall–Kier alpha value is 0.200. The average molecular weight is 266 g/mol. The van der Waals surface area contributed by atoms with Crippen molar-refractivity contribution in [2.24, 2.45) is 5.92 Å². The lowest BCUT2D eigenvalue weighted by molar-refractivity contribution is 0.227. The lowest BCUT2D eigenvalue weighted by Gasteiger charge is -2.32. The molecule has 1 aliphatic carbocycles. The van der Waals surface area contributed by atoms with Crippen molar-refractivity contribution in [3.05, 3.63) is 0 Å². The molecule has 1 aliphatic heterocycles. The third-order valence-corrected chi connectivity index (χ3v) is 6.21. The Labute approximate surface area is 103 Å². The molecule has 0 amide bonds. The normalized spacial score (nSPS) is 29.7. The minimum absolute atomic E-state index is 0.240. The van der Waals surface area contributed by atoms with Gasteiger partial charge in [-0.15, -0.1) is 11.6 Å². The van der Waals surface area contributed by atoms with E-state index in [2.05, 4.69) is 0 Å². The van der Waals surface area contributed by atoms with Crippen LogP contribution < -0.4 is 0 Å². The highest BCUT2D eigenvalue weighted by Crippen LogP contribution is 2.35. The van der Waals surface area contributed by atoms with E-state index in [0.717, 1.165) is 12.8 Å². The number of alkyl halides is 1. The van der Waals surface area contributed by atoms with Crippen molar-refractivity contribution in [2.45, 2.75) is 51.0 Å². The molecule has 94 valence electrons. The van der Waals surface area contributed by atoms with Crippen LogP contribution in [0.3, 0.4) is 0 Å². The first-order valence-corrected chi connectivity index (χ1v) is 8.35. The predicted molar refractivity (Wildman–Crippen MR) is 65.9 cm³/mol. The second-order valence-electron chi connectivity index (χ2n) is 4.94. The third-order valence-electron chi connectivity index (χ3n) is 3.94. The summed E-state index contributed by atoms with van der Waals surface area (Å²) in [7, 11) is -3.20. The molecule has 0 aromatic carbocycles. The molecule has 3 nitrogen and oxygen atoms in total. The number of sulfonamides is 1. The highest BCUT2D eigenvalue weighted by atomic mass is 35.5. The van der Waals surface area contributed by atoms with Crippen LogP contribution in [-0.2, 0) is 10.0 Å². The molecular weight excluding hydrogens is 246 g/mol. The number of rotatable bonds is 3. The van der Waals surface area contributed by atoms with Gasteiger partial charge in [0.2, 0.25) is 10.0 Å². The summed E-state index contributed by atoms with van der Waals surface area (Å²) in [5, 5.41) is -0.268. The first-order valence-electron chi connectivity index (χ1n) is 6.20. The Balaban J connectivity index is 2.08. The van der Waals surface area contributed by atoms with Gasteiger partial charge >= 0.3 is 0 Å².